The molecule has 6 heavy (non-hydrogen) atoms. The number of hydrogen-bond donors (Lipinski definition) is 0. The molecule has 0 N–H and O–H groups in total. The van der Waals surface area contributed by atoms with E-state index in [-0.39, 0.29) is 0 Å². The molecule has 0 rings (SSSR count). The highest BCUT2D eigenvalue weighted by atomic mass is 16.5. The van der Waals surface area contributed by atoms with Gasteiger partial charge in [0.15, 0.2) is 0 Å². The Morgan fingerprint density at radius 1 is 1.67 bits per heavy atom. The molecule has 1 nitrogen and oxygen atoms in total. The topological polar surface area (TPSA) is 9.23 Å². The van der Waals surface area contributed by atoms with Crippen LogP contribution in [0.15, 0.2) is 6.26 Å². The summed E-state index contributed by atoms with van der Waals surface area (Å²) < 4.78 is 4.62. The first-order valence-electron chi connectivity index (χ1n) is 1.84. The maximum absolute atomic E-state index is 4.62. The van der Waals surface area contributed by atoms with Crippen molar-refractivity contribution in [3.05, 3.63) is 18.9 Å². The van der Waals surface area contributed by atoms with Crippen LogP contribution in [-0.2, 0) is 4.74 Å². The van der Waals surface area contributed by atoms with E-state index in [1.54, 1.807) is 13.5 Å². The van der Waals surface area contributed by atoms with Crippen molar-refractivity contribution >= 4 is 0 Å². The van der Waals surface area contributed by atoms with Crippen molar-refractivity contribution in [2.75, 3.05) is 0 Å². The summed E-state index contributed by atoms with van der Waals surface area (Å²) in [6, 6.07) is 0. The van der Waals surface area contributed by atoms with E-state index in [4.69, 9.17) is 0 Å². The van der Waals surface area contributed by atoms with Gasteiger partial charge in [-0.15, -0.1) is 0 Å². The van der Waals surface area contributed by atoms with Gasteiger partial charge in [-0.3, -0.25) is 0 Å². The van der Waals surface area contributed by atoms with Gasteiger partial charge in [0.05, 0.1) is 6.26 Å². The van der Waals surface area contributed by atoms with Crippen molar-refractivity contribution in [3.63, 3.8) is 0 Å². The smallest absolute Gasteiger partial charge is 0.131 e. The fourth-order valence-electron chi connectivity index (χ4n) is 0.136. The molecule has 0 aliphatic rings. The molecule has 0 heterocycles. The highest BCUT2D eigenvalue weighted by Crippen LogP contribution is 1.76. The summed E-state index contributed by atoms with van der Waals surface area (Å²) in [5, 5.41) is 0. The van der Waals surface area contributed by atoms with Crippen LogP contribution in [0.25, 0.3) is 0 Å². The first kappa shape index (κ1) is 5.54. The third kappa shape index (κ3) is 3.54. The van der Waals surface area contributed by atoms with Gasteiger partial charge < -0.3 is 4.74 Å². The largest absolute Gasteiger partial charge is 0.494 e. The van der Waals surface area contributed by atoms with Crippen LogP contribution in [0.4, 0.5) is 0 Å². The standard InChI is InChI=1S/C5H8O/c1-3-5-6-4-2/h4-5H,1-2H3. The molecule has 0 saturated carbocycles. The zero-order chi connectivity index (χ0) is 4.83. The van der Waals surface area contributed by atoms with Crippen molar-refractivity contribution in [3.8, 4) is 0 Å². The summed E-state index contributed by atoms with van der Waals surface area (Å²) in [4.78, 5) is 0. The van der Waals surface area contributed by atoms with Crippen molar-refractivity contribution in [2.24, 2.45) is 0 Å². The first-order chi connectivity index (χ1) is 2.91. The Morgan fingerprint density at radius 3 is 2.50 bits per heavy atom. The Hall–Kier alpha value is -0.460. The van der Waals surface area contributed by atoms with E-state index in [9.17, 15) is 0 Å². The molecule has 0 bridgehead atoms. The van der Waals surface area contributed by atoms with Crippen molar-refractivity contribution in [2.45, 2.75) is 13.8 Å². The molecular formula is C5H8O. The minimum Gasteiger partial charge on any atom is -0.494 e. The van der Waals surface area contributed by atoms with Gasteiger partial charge >= 0.3 is 0 Å². The normalized spacial score (nSPS) is 9.67. The fourth-order valence-corrected chi connectivity index (χ4v) is 0.136. The second kappa shape index (κ2) is 4.54. The van der Waals surface area contributed by atoms with Crippen LogP contribution in [0.3, 0.4) is 0 Å². The lowest BCUT2D eigenvalue weighted by molar-refractivity contribution is 0.339. The third-order valence-electron chi connectivity index (χ3n) is 0.322. The summed E-state index contributed by atoms with van der Waals surface area (Å²) >= 11 is 0. The first-order valence-corrected chi connectivity index (χ1v) is 1.84. The van der Waals surface area contributed by atoms with E-state index < -0.39 is 0 Å². The van der Waals surface area contributed by atoms with E-state index >= 15 is 0 Å². The Balaban J connectivity index is 2.66. The van der Waals surface area contributed by atoms with E-state index in [0.29, 0.717) is 0 Å². The van der Waals surface area contributed by atoms with Crippen LogP contribution in [0.5, 0.6) is 0 Å². The highest BCUT2D eigenvalue weighted by Gasteiger charge is 1.62. The van der Waals surface area contributed by atoms with Gasteiger partial charge in [0.25, 0.3) is 0 Å². The minimum absolute atomic E-state index is 1.50. The lowest BCUT2D eigenvalue weighted by Crippen LogP contribution is -1.65. The third-order valence-corrected chi connectivity index (χ3v) is 0.322. The molecule has 0 aliphatic carbocycles. The summed E-state index contributed by atoms with van der Waals surface area (Å²) in [5.74, 6) is 0. The van der Waals surface area contributed by atoms with Gasteiger partial charge in [-0.1, -0.05) is 0 Å². The Labute approximate surface area is 38.6 Å². The summed E-state index contributed by atoms with van der Waals surface area (Å²) in [5.41, 5.74) is 0. The summed E-state index contributed by atoms with van der Waals surface area (Å²) in [6.45, 7) is 5.19. The molecule has 0 aromatic carbocycles. The summed E-state index contributed by atoms with van der Waals surface area (Å²) in [7, 11) is 0. The molecule has 0 spiro atoms. The van der Waals surface area contributed by atoms with Crippen molar-refractivity contribution < 1.29 is 4.74 Å². The molecule has 0 atom stereocenters. The van der Waals surface area contributed by atoms with Gasteiger partial charge in [0.1, 0.15) is 6.61 Å². The quantitative estimate of drug-likeness (QED) is 0.461. The Kier molecular flexibility index (Phi) is 4.19. The number of hydrogen-bond acceptors (Lipinski definition) is 1. The van der Waals surface area contributed by atoms with E-state index in [1.807, 2.05) is 6.92 Å². The zero-order valence-electron chi connectivity index (χ0n) is 4.06. The zero-order valence-corrected chi connectivity index (χ0v) is 4.06. The van der Waals surface area contributed by atoms with Gasteiger partial charge in [-0.2, -0.15) is 0 Å². The van der Waals surface area contributed by atoms with Crippen LogP contribution >= 0.6 is 0 Å². The number of allylic oxidation sites excluding steroid dienone is 1. The molecule has 0 fully saturated rings. The Morgan fingerprint density at radius 2 is 2.33 bits per heavy atom. The monoisotopic (exact) mass is 84.1 g/mol. The SMILES string of the molecule is C/[C]=C/O[CH]C. The molecule has 1 heteroatoms. The lowest BCUT2D eigenvalue weighted by atomic mass is 10.7. The maximum atomic E-state index is 4.62. The molecule has 0 unspecified atom stereocenters. The average molecular weight is 84.1 g/mol. The Bertz CT molecular complexity index is 39.2. The van der Waals surface area contributed by atoms with E-state index in [1.165, 1.54) is 6.26 Å². The van der Waals surface area contributed by atoms with Crippen LogP contribution in [0.2, 0.25) is 0 Å². The van der Waals surface area contributed by atoms with Crippen LogP contribution < -0.4 is 0 Å². The van der Waals surface area contributed by atoms with Gasteiger partial charge in [0, 0.05) is 0 Å². The molecule has 0 amide bonds. The van der Waals surface area contributed by atoms with Crippen LogP contribution in [0, 0.1) is 12.7 Å². The van der Waals surface area contributed by atoms with Crippen molar-refractivity contribution in [1.29, 1.82) is 0 Å². The lowest BCUT2D eigenvalue weighted by Gasteiger charge is -1.84. The highest BCUT2D eigenvalue weighted by molar-refractivity contribution is 4.56. The number of ether oxygens (including phenoxy) is 1. The number of rotatable bonds is 2. The molecule has 0 aromatic rings. The maximum Gasteiger partial charge on any atom is 0.131 e. The van der Waals surface area contributed by atoms with Gasteiger partial charge in [-0.05, 0) is 19.9 Å². The average Bonchev–Trinajstić information content (AvgIpc) is 1.61. The molecular weight excluding hydrogens is 76.1 g/mol. The molecule has 0 aliphatic heterocycles. The summed E-state index contributed by atoms with van der Waals surface area (Å²) in [6.07, 6.45) is 4.19. The van der Waals surface area contributed by atoms with E-state index in [0.717, 1.165) is 0 Å². The molecule has 2 radical (unpaired) electrons. The molecule has 0 saturated heterocycles. The predicted molar refractivity (Wildman–Crippen MR) is 24.5 cm³/mol. The fraction of sp³-hybridized carbons (Fsp3) is 0.400. The second-order valence-corrected chi connectivity index (χ2v) is 0.778. The van der Waals surface area contributed by atoms with Crippen LogP contribution in [0.1, 0.15) is 13.8 Å². The van der Waals surface area contributed by atoms with Gasteiger partial charge in [-0.25, -0.2) is 0 Å². The molecule has 34 valence electrons. The van der Waals surface area contributed by atoms with Crippen molar-refractivity contribution in [1.82, 2.24) is 0 Å². The predicted octanol–water partition coefficient (Wildman–Crippen LogP) is 1.52. The molecule has 0 aromatic heterocycles. The van der Waals surface area contributed by atoms with Crippen LogP contribution in [-0.4, -0.2) is 0 Å². The van der Waals surface area contributed by atoms with E-state index in [2.05, 4.69) is 10.8 Å². The minimum atomic E-state index is 1.50. The van der Waals surface area contributed by atoms with Gasteiger partial charge in [0.2, 0.25) is 0 Å². The second-order valence-electron chi connectivity index (χ2n) is 0.778.